The van der Waals surface area contributed by atoms with Crippen LogP contribution in [-0.2, 0) is 13.1 Å². The van der Waals surface area contributed by atoms with E-state index in [0.717, 1.165) is 60.4 Å². The second-order valence-corrected chi connectivity index (χ2v) is 13.8. The van der Waals surface area contributed by atoms with Gasteiger partial charge in [-0.3, -0.25) is 14.9 Å². The van der Waals surface area contributed by atoms with Crippen molar-refractivity contribution in [2.45, 2.75) is 79.9 Å². The number of aryl methyl sites for hydroxylation is 4. The average Bonchev–Trinajstić information content (AvgIpc) is 3.08. The van der Waals surface area contributed by atoms with Crippen LogP contribution in [0.3, 0.4) is 0 Å². The molecular weight excluding hydrogens is 633 g/mol. The fourth-order valence-electron chi connectivity index (χ4n) is 6.98. The summed E-state index contributed by atoms with van der Waals surface area (Å²) in [4.78, 5) is 14.0. The molecule has 0 radical (unpaired) electrons. The number of nitrogens with zero attached hydrogens (tertiary/aromatic N) is 4. The first-order valence-corrected chi connectivity index (χ1v) is 17.2. The van der Waals surface area contributed by atoms with E-state index in [1.807, 2.05) is 24.8 Å². The molecule has 1 saturated heterocycles. The van der Waals surface area contributed by atoms with E-state index < -0.39 is 6.36 Å². The molecule has 8 heteroatoms. The molecule has 1 fully saturated rings. The Kier molecular flexibility index (Phi) is 10.3. The molecule has 0 amide bonds. The lowest BCUT2D eigenvalue weighted by atomic mass is 9.96. The van der Waals surface area contributed by atoms with Crippen LogP contribution in [-0.4, -0.2) is 40.4 Å². The first kappa shape index (κ1) is 35.1. The Bertz CT molecular complexity index is 1920. The largest absolute Gasteiger partial charge is 0.573 e. The molecule has 0 N–H and O–H groups in total. The summed E-state index contributed by atoms with van der Waals surface area (Å²) in [7, 11) is 0. The molecule has 0 atom stereocenters. The SMILES string of the molecule is Cc1cc(-c2cncc(CN3CCC(N(Cc4cncc(-c5cc(C)c(C)c(C)c5)c4)c4ccc(OC(F)(F)F)cc4)CC3)c2)cc(C)c1C. The zero-order valence-electron chi connectivity index (χ0n) is 29.7. The van der Waals surface area contributed by atoms with E-state index in [4.69, 9.17) is 0 Å². The standard InChI is InChI=1S/C42H45F3N4O/c1-27-15-35(16-28(2)31(27)5)37-19-33(21-46-23-37)25-48-13-11-40(12-14-48)49(39-7-9-41(10-8-39)50-42(43,44)45)26-34-20-38(24-47-22-34)36-17-29(3)32(6)30(4)18-36/h7-10,15-24,40H,11-14,25-26H2,1-6H3. The minimum atomic E-state index is -4.74. The van der Waals surface area contributed by atoms with Crippen LogP contribution in [0.5, 0.6) is 5.75 Å². The number of pyridine rings is 2. The van der Waals surface area contributed by atoms with E-state index in [1.54, 1.807) is 12.1 Å². The molecule has 2 aromatic heterocycles. The highest BCUT2D eigenvalue weighted by Gasteiger charge is 2.31. The van der Waals surface area contributed by atoms with Gasteiger partial charge in [0.1, 0.15) is 5.75 Å². The van der Waals surface area contributed by atoms with Crippen molar-refractivity contribution >= 4 is 5.69 Å². The summed E-state index contributed by atoms with van der Waals surface area (Å²) in [5, 5.41) is 0. The molecule has 0 spiro atoms. The van der Waals surface area contributed by atoms with Crippen LogP contribution in [0.2, 0.25) is 0 Å². The van der Waals surface area contributed by atoms with Gasteiger partial charge in [0, 0.05) is 73.8 Å². The van der Waals surface area contributed by atoms with Crippen molar-refractivity contribution in [3.63, 3.8) is 0 Å². The topological polar surface area (TPSA) is 41.5 Å². The Morgan fingerprint density at radius 2 is 1.14 bits per heavy atom. The number of alkyl halides is 3. The predicted molar refractivity (Wildman–Crippen MR) is 195 cm³/mol. The van der Waals surface area contributed by atoms with Crippen molar-refractivity contribution in [3.05, 3.63) is 130 Å². The first-order valence-electron chi connectivity index (χ1n) is 17.2. The quantitative estimate of drug-likeness (QED) is 0.155. The maximum absolute atomic E-state index is 12.9. The van der Waals surface area contributed by atoms with Gasteiger partial charge in [0.15, 0.2) is 0 Å². The summed E-state index contributed by atoms with van der Waals surface area (Å²) in [6.07, 6.45) is 4.76. The van der Waals surface area contributed by atoms with Gasteiger partial charge in [0.2, 0.25) is 0 Å². The second kappa shape index (κ2) is 14.7. The van der Waals surface area contributed by atoms with Crippen LogP contribution in [0.25, 0.3) is 22.3 Å². The number of hydrogen-bond donors (Lipinski definition) is 0. The molecular formula is C42H45F3N4O. The summed E-state index contributed by atoms with van der Waals surface area (Å²) in [5.74, 6) is -0.225. The Hall–Kier alpha value is -4.69. The molecule has 1 aliphatic rings. The fraction of sp³-hybridized carbons (Fsp3) is 0.333. The molecule has 5 nitrogen and oxygen atoms in total. The molecule has 3 heterocycles. The molecule has 5 aromatic rings. The maximum atomic E-state index is 12.9. The van der Waals surface area contributed by atoms with Crippen LogP contribution < -0.4 is 9.64 Å². The number of benzene rings is 3. The predicted octanol–water partition coefficient (Wildman–Crippen LogP) is 10.2. The minimum Gasteiger partial charge on any atom is -0.406 e. The van der Waals surface area contributed by atoms with E-state index in [1.165, 1.54) is 56.6 Å². The Morgan fingerprint density at radius 1 is 0.660 bits per heavy atom. The Morgan fingerprint density at radius 3 is 1.64 bits per heavy atom. The minimum absolute atomic E-state index is 0.191. The summed E-state index contributed by atoms with van der Waals surface area (Å²) in [6.45, 7) is 16.0. The molecule has 1 aliphatic heterocycles. The number of likely N-dealkylation sites (tertiary alicyclic amines) is 1. The third-order valence-electron chi connectivity index (χ3n) is 10.3. The second-order valence-electron chi connectivity index (χ2n) is 13.8. The van der Waals surface area contributed by atoms with Crippen LogP contribution >= 0.6 is 0 Å². The number of ether oxygens (including phenoxy) is 1. The van der Waals surface area contributed by atoms with Crippen LogP contribution in [0.15, 0.2) is 85.5 Å². The van der Waals surface area contributed by atoms with E-state index in [2.05, 4.69) is 102 Å². The van der Waals surface area contributed by atoms with Gasteiger partial charge in [-0.2, -0.15) is 0 Å². The highest BCUT2D eigenvalue weighted by atomic mass is 19.4. The van der Waals surface area contributed by atoms with E-state index in [9.17, 15) is 13.2 Å². The number of anilines is 1. The monoisotopic (exact) mass is 678 g/mol. The van der Waals surface area contributed by atoms with Crippen LogP contribution in [0.4, 0.5) is 18.9 Å². The van der Waals surface area contributed by atoms with Gasteiger partial charge in [0.25, 0.3) is 0 Å². The van der Waals surface area contributed by atoms with Crippen molar-refractivity contribution < 1.29 is 17.9 Å². The molecule has 3 aromatic carbocycles. The van der Waals surface area contributed by atoms with Gasteiger partial charge < -0.3 is 9.64 Å². The molecule has 0 unspecified atom stereocenters. The lowest BCUT2D eigenvalue weighted by molar-refractivity contribution is -0.274. The van der Waals surface area contributed by atoms with Crippen molar-refractivity contribution in [1.29, 1.82) is 0 Å². The molecule has 6 rings (SSSR count). The molecule has 260 valence electrons. The summed E-state index contributed by atoms with van der Waals surface area (Å²) < 4.78 is 43.0. The Labute approximate surface area is 293 Å². The third-order valence-corrected chi connectivity index (χ3v) is 10.3. The number of piperidine rings is 1. The zero-order chi connectivity index (χ0) is 35.6. The summed E-state index contributed by atoms with van der Waals surface area (Å²) in [5.41, 5.74) is 15.2. The van der Waals surface area contributed by atoms with Gasteiger partial charge in [-0.1, -0.05) is 24.3 Å². The lowest BCUT2D eigenvalue weighted by Gasteiger charge is -2.40. The normalized spacial score (nSPS) is 14.2. The van der Waals surface area contributed by atoms with Crippen molar-refractivity contribution in [1.82, 2.24) is 14.9 Å². The highest BCUT2D eigenvalue weighted by Crippen LogP contribution is 2.32. The van der Waals surface area contributed by atoms with Gasteiger partial charge >= 0.3 is 6.36 Å². The van der Waals surface area contributed by atoms with Crippen LogP contribution in [0.1, 0.15) is 57.3 Å². The van der Waals surface area contributed by atoms with Gasteiger partial charge in [-0.25, -0.2) is 0 Å². The highest BCUT2D eigenvalue weighted by molar-refractivity contribution is 5.67. The zero-order valence-corrected chi connectivity index (χ0v) is 29.7. The molecule has 50 heavy (non-hydrogen) atoms. The first-order chi connectivity index (χ1) is 23.8. The number of aromatic nitrogens is 2. The molecule has 0 bridgehead atoms. The average molecular weight is 679 g/mol. The van der Waals surface area contributed by atoms with Gasteiger partial charge in [0.05, 0.1) is 0 Å². The Balaban J connectivity index is 1.20. The van der Waals surface area contributed by atoms with E-state index in [0.29, 0.717) is 6.54 Å². The fourth-order valence-corrected chi connectivity index (χ4v) is 6.98. The van der Waals surface area contributed by atoms with E-state index >= 15 is 0 Å². The summed E-state index contributed by atoms with van der Waals surface area (Å²) >= 11 is 0. The maximum Gasteiger partial charge on any atom is 0.573 e. The van der Waals surface area contributed by atoms with Gasteiger partial charge in [-0.05, 0) is 146 Å². The van der Waals surface area contributed by atoms with Crippen LogP contribution in [0, 0.1) is 41.5 Å². The number of hydrogen-bond acceptors (Lipinski definition) is 5. The smallest absolute Gasteiger partial charge is 0.406 e. The number of rotatable bonds is 9. The molecule has 0 aliphatic carbocycles. The number of halogens is 3. The third kappa shape index (κ3) is 8.36. The van der Waals surface area contributed by atoms with Crippen molar-refractivity contribution in [3.8, 4) is 28.0 Å². The lowest BCUT2D eigenvalue weighted by Crippen LogP contribution is -2.44. The van der Waals surface area contributed by atoms with Crippen molar-refractivity contribution in [2.24, 2.45) is 0 Å². The molecule has 0 saturated carbocycles. The van der Waals surface area contributed by atoms with Crippen molar-refractivity contribution in [2.75, 3.05) is 18.0 Å². The van der Waals surface area contributed by atoms with E-state index in [-0.39, 0.29) is 11.8 Å². The summed E-state index contributed by atoms with van der Waals surface area (Å²) in [6, 6.07) is 19.7. The van der Waals surface area contributed by atoms with Gasteiger partial charge in [-0.15, -0.1) is 13.2 Å².